The van der Waals surface area contributed by atoms with Gasteiger partial charge in [-0.15, -0.1) is 0 Å². The van der Waals surface area contributed by atoms with Crippen molar-refractivity contribution in [2.45, 2.75) is 26.2 Å². The average molecular weight is 832 g/mol. The van der Waals surface area contributed by atoms with Crippen molar-refractivity contribution in [3.8, 4) is 56.4 Å². The molecule has 7 aromatic carbocycles. The van der Waals surface area contributed by atoms with E-state index in [0.717, 1.165) is 49.3 Å². The quantitative estimate of drug-likeness (QED) is 0.150. The maximum absolute atomic E-state index is 17.0. The highest BCUT2D eigenvalue weighted by molar-refractivity contribution is 6.98. The van der Waals surface area contributed by atoms with Crippen molar-refractivity contribution in [1.82, 2.24) is 15.0 Å². The second-order valence-electron chi connectivity index (χ2n) is 17.0. The Kier molecular flexibility index (Phi) is 9.31. The minimum atomic E-state index is -2.55. The standard InChI is InChI=1S/C53H40F3N3Si2/c1-60(2)31-44(33-17-9-5-10-18-33)42-29-40(54)28-41(49(42)60)37-25-38(47-48(56)46(55)30-43-45(32-61(3,4)50(43)47)34-19-11-6-12-20-34)27-39(26-37)53-58-51(35-21-13-7-14-22-35)57-52(59-53)36-23-15-8-16-24-36/h5-32H,1-4H3. The Labute approximate surface area is 355 Å². The first kappa shape index (κ1) is 38.5. The van der Waals surface area contributed by atoms with Gasteiger partial charge in [0.15, 0.2) is 29.1 Å². The van der Waals surface area contributed by atoms with Crippen LogP contribution in [-0.4, -0.2) is 31.1 Å². The van der Waals surface area contributed by atoms with Crippen LogP contribution in [0.2, 0.25) is 26.2 Å². The first-order valence-electron chi connectivity index (χ1n) is 20.4. The minimum Gasteiger partial charge on any atom is -0.208 e. The molecule has 0 amide bonds. The molecular formula is C53H40F3N3Si2. The highest BCUT2D eigenvalue weighted by atomic mass is 28.3. The molecule has 0 atom stereocenters. The Balaban J connectivity index is 1.27. The van der Waals surface area contributed by atoms with E-state index in [-0.39, 0.29) is 11.4 Å². The minimum absolute atomic E-state index is 0.213. The summed E-state index contributed by atoms with van der Waals surface area (Å²) < 4.78 is 49.5. The van der Waals surface area contributed by atoms with Gasteiger partial charge in [-0.2, -0.15) is 0 Å². The van der Waals surface area contributed by atoms with Gasteiger partial charge in [-0.05, 0) is 96.9 Å². The zero-order chi connectivity index (χ0) is 42.0. The Morgan fingerprint density at radius 2 is 0.770 bits per heavy atom. The Bertz CT molecular complexity index is 3040. The van der Waals surface area contributed by atoms with E-state index in [1.807, 2.05) is 127 Å². The predicted octanol–water partition coefficient (Wildman–Crippen LogP) is 12.4. The molecule has 0 unspecified atom stereocenters. The largest absolute Gasteiger partial charge is 0.208 e. The third-order valence-electron chi connectivity index (χ3n) is 11.9. The van der Waals surface area contributed by atoms with Crippen molar-refractivity contribution in [2.75, 3.05) is 0 Å². The Hall–Kier alpha value is -6.75. The lowest BCUT2D eigenvalue weighted by molar-refractivity contribution is 0.511. The van der Waals surface area contributed by atoms with Crippen LogP contribution in [0.4, 0.5) is 13.2 Å². The smallest absolute Gasteiger partial charge is 0.166 e. The number of aromatic nitrogens is 3. The molecule has 0 saturated carbocycles. The van der Waals surface area contributed by atoms with E-state index in [2.05, 4.69) is 49.7 Å². The van der Waals surface area contributed by atoms with Gasteiger partial charge >= 0.3 is 0 Å². The van der Waals surface area contributed by atoms with Crippen LogP contribution in [0.15, 0.2) is 169 Å². The van der Waals surface area contributed by atoms with Gasteiger partial charge in [0, 0.05) is 22.3 Å². The molecule has 2 aliphatic heterocycles. The van der Waals surface area contributed by atoms with Gasteiger partial charge in [0.25, 0.3) is 0 Å². The number of nitrogens with zero attached hydrogens (tertiary/aromatic N) is 3. The molecule has 61 heavy (non-hydrogen) atoms. The van der Waals surface area contributed by atoms with Gasteiger partial charge in [0.05, 0.1) is 0 Å². The van der Waals surface area contributed by atoms with Crippen molar-refractivity contribution in [3.05, 3.63) is 209 Å². The Morgan fingerprint density at radius 3 is 1.28 bits per heavy atom. The molecular weight excluding hydrogens is 792 g/mol. The molecule has 1 aromatic heterocycles. The molecule has 3 heterocycles. The number of fused-ring (bicyclic) bond motifs is 2. The third kappa shape index (κ3) is 6.82. The van der Waals surface area contributed by atoms with Crippen molar-refractivity contribution >= 4 is 37.7 Å². The molecule has 2 aliphatic rings. The van der Waals surface area contributed by atoms with E-state index in [0.29, 0.717) is 45.3 Å². The summed E-state index contributed by atoms with van der Waals surface area (Å²) in [6.07, 6.45) is 0. The predicted molar refractivity (Wildman–Crippen MR) is 248 cm³/mol. The molecule has 3 nitrogen and oxygen atoms in total. The summed E-state index contributed by atoms with van der Waals surface area (Å²) >= 11 is 0. The molecule has 296 valence electrons. The molecule has 0 aliphatic carbocycles. The van der Waals surface area contributed by atoms with Crippen LogP contribution in [0.25, 0.3) is 67.6 Å². The molecule has 8 aromatic rings. The van der Waals surface area contributed by atoms with Crippen LogP contribution in [0, 0.1) is 17.5 Å². The summed E-state index contributed by atoms with van der Waals surface area (Å²) in [6, 6.07) is 49.7. The lowest BCUT2D eigenvalue weighted by atomic mass is 9.90. The topological polar surface area (TPSA) is 38.7 Å². The second-order valence-corrected chi connectivity index (χ2v) is 25.4. The van der Waals surface area contributed by atoms with Crippen LogP contribution in [0.3, 0.4) is 0 Å². The van der Waals surface area contributed by atoms with Crippen molar-refractivity contribution in [3.63, 3.8) is 0 Å². The molecule has 0 N–H and O–H groups in total. The van der Waals surface area contributed by atoms with Crippen molar-refractivity contribution < 1.29 is 13.2 Å². The highest BCUT2D eigenvalue weighted by Gasteiger charge is 2.39. The number of hydrogen-bond acceptors (Lipinski definition) is 3. The molecule has 0 saturated heterocycles. The number of rotatable bonds is 7. The van der Waals surface area contributed by atoms with Crippen LogP contribution in [0.1, 0.15) is 22.3 Å². The average Bonchev–Trinajstić information content (AvgIpc) is 3.71. The third-order valence-corrected chi connectivity index (χ3v) is 17.5. The summed E-state index contributed by atoms with van der Waals surface area (Å²) in [4.78, 5) is 15.1. The molecule has 0 fully saturated rings. The number of hydrogen-bond donors (Lipinski definition) is 0. The van der Waals surface area contributed by atoms with Gasteiger partial charge in [-0.25, -0.2) is 28.1 Å². The first-order chi connectivity index (χ1) is 29.4. The van der Waals surface area contributed by atoms with Gasteiger partial charge in [-0.3, -0.25) is 0 Å². The van der Waals surface area contributed by atoms with Gasteiger partial charge in [0.2, 0.25) is 0 Å². The number of benzene rings is 7. The van der Waals surface area contributed by atoms with E-state index in [1.54, 1.807) is 12.1 Å². The van der Waals surface area contributed by atoms with Crippen molar-refractivity contribution in [2.24, 2.45) is 0 Å². The molecule has 8 heteroatoms. The van der Waals surface area contributed by atoms with Crippen LogP contribution in [0.5, 0.6) is 0 Å². The number of halogens is 3. The maximum Gasteiger partial charge on any atom is 0.166 e. The summed E-state index contributed by atoms with van der Waals surface area (Å²) in [5.41, 5.74) is 14.2. The summed E-state index contributed by atoms with van der Waals surface area (Å²) in [5.74, 6) is -0.925. The lowest BCUT2D eigenvalue weighted by Crippen LogP contribution is -2.40. The van der Waals surface area contributed by atoms with Crippen molar-refractivity contribution in [1.29, 1.82) is 0 Å². The fourth-order valence-electron chi connectivity index (χ4n) is 9.25. The fraction of sp³-hybridized carbons (Fsp3) is 0.0755. The summed E-state index contributed by atoms with van der Waals surface area (Å²) in [6.45, 7) is 8.87. The SMILES string of the molecule is C[Si]1(C)C=C(c2ccccc2)c2cc(F)cc(-c3cc(-c4nc(-c5ccccc5)nc(-c5ccccc5)n4)cc(-c4c(F)c(F)cc5c4[Si](C)(C)C=C5c4ccccc4)c3)c21. The van der Waals surface area contributed by atoms with Crippen LogP contribution >= 0.6 is 0 Å². The molecule has 0 bridgehead atoms. The fourth-order valence-corrected chi connectivity index (χ4v) is 15.2. The second kappa shape index (κ2) is 14.8. The van der Waals surface area contributed by atoms with E-state index in [1.165, 1.54) is 6.07 Å². The zero-order valence-corrected chi connectivity index (χ0v) is 36.1. The van der Waals surface area contributed by atoms with Gasteiger partial charge in [-0.1, -0.05) is 159 Å². The van der Waals surface area contributed by atoms with E-state index in [9.17, 15) is 0 Å². The van der Waals surface area contributed by atoms with E-state index in [4.69, 9.17) is 15.0 Å². The molecule has 0 radical (unpaired) electrons. The normalized spacial score (nSPS) is 14.6. The molecule has 10 rings (SSSR count). The first-order valence-corrected chi connectivity index (χ1v) is 26.6. The maximum atomic E-state index is 17.0. The van der Waals surface area contributed by atoms with E-state index < -0.39 is 27.8 Å². The van der Waals surface area contributed by atoms with Gasteiger partial charge in [0.1, 0.15) is 22.0 Å². The highest BCUT2D eigenvalue weighted by Crippen LogP contribution is 2.42. The summed E-state index contributed by atoms with van der Waals surface area (Å²) in [5, 5.41) is 1.89. The zero-order valence-electron chi connectivity index (χ0n) is 34.1. The van der Waals surface area contributed by atoms with Gasteiger partial charge < -0.3 is 0 Å². The molecule has 0 spiro atoms. The van der Waals surface area contributed by atoms with Crippen LogP contribution < -0.4 is 10.4 Å². The van der Waals surface area contributed by atoms with Crippen LogP contribution in [-0.2, 0) is 0 Å². The Morgan fingerprint density at radius 1 is 0.377 bits per heavy atom. The monoisotopic (exact) mass is 831 g/mol. The summed E-state index contributed by atoms with van der Waals surface area (Å²) in [7, 11) is -4.92. The lowest BCUT2D eigenvalue weighted by Gasteiger charge is -2.24. The van der Waals surface area contributed by atoms with E-state index >= 15 is 13.2 Å².